The van der Waals surface area contributed by atoms with Gasteiger partial charge in [0.1, 0.15) is 5.69 Å². The van der Waals surface area contributed by atoms with Crippen LogP contribution in [0.1, 0.15) is 27.2 Å². The van der Waals surface area contributed by atoms with Crippen LogP contribution in [0.15, 0.2) is 71.2 Å². The molecule has 7 nitrogen and oxygen atoms in total. The summed E-state index contributed by atoms with van der Waals surface area (Å²) in [5, 5.41) is 6.20. The lowest BCUT2D eigenvalue weighted by Gasteiger charge is -2.13. The number of aryl methyl sites for hydroxylation is 3. The lowest BCUT2D eigenvalue weighted by molar-refractivity contribution is -0.133. The van der Waals surface area contributed by atoms with Gasteiger partial charge in [-0.25, -0.2) is 4.68 Å². The zero-order chi connectivity index (χ0) is 24.4. The minimum atomic E-state index is -0.899. The number of amides is 3. The van der Waals surface area contributed by atoms with E-state index in [1.165, 1.54) is 4.68 Å². The van der Waals surface area contributed by atoms with Gasteiger partial charge in [-0.15, -0.1) is 0 Å². The Bertz CT molecular complexity index is 1440. The Labute approximate surface area is 205 Å². The molecule has 1 heterocycles. The van der Waals surface area contributed by atoms with Gasteiger partial charge in [0.15, 0.2) is 0 Å². The topological polar surface area (TPSA) is 92.2 Å². The van der Waals surface area contributed by atoms with Crippen molar-refractivity contribution in [3.63, 3.8) is 0 Å². The van der Waals surface area contributed by atoms with E-state index in [2.05, 4.69) is 32.0 Å². The standard InChI is InChI=1S/C26H23BrN4O3/c1-15-8-10-20(12-17(15)3)28-24(32)23-14-18-13-19(27)9-11-22(18)31(23)30-26(34)25(33)29-21-7-5-4-6-16(21)2/h4-14H,1-3H3,(H,28,32)(H,29,33)(H,30,34). The monoisotopic (exact) mass is 518 g/mol. The fourth-order valence-corrected chi connectivity index (χ4v) is 3.91. The van der Waals surface area contributed by atoms with Crippen LogP contribution in [-0.4, -0.2) is 22.4 Å². The number of hydrogen-bond donors (Lipinski definition) is 3. The number of nitrogens with zero attached hydrogens (tertiary/aromatic N) is 1. The van der Waals surface area contributed by atoms with E-state index in [1.807, 2.05) is 57.2 Å². The Balaban J connectivity index is 1.64. The van der Waals surface area contributed by atoms with Gasteiger partial charge in [0, 0.05) is 21.2 Å². The second-order valence-electron chi connectivity index (χ2n) is 8.03. The lowest BCUT2D eigenvalue weighted by Crippen LogP contribution is -2.36. The molecule has 4 rings (SSSR count). The molecule has 0 unspecified atom stereocenters. The summed E-state index contributed by atoms with van der Waals surface area (Å²) in [7, 11) is 0. The van der Waals surface area contributed by atoms with Crippen molar-refractivity contribution in [2.75, 3.05) is 16.1 Å². The highest BCUT2D eigenvalue weighted by Gasteiger charge is 2.21. The number of halogens is 1. The van der Waals surface area contributed by atoms with E-state index < -0.39 is 17.7 Å². The molecule has 0 saturated heterocycles. The fourth-order valence-electron chi connectivity index (χ4n) is 3.53. The summed E-state index contributed by atoms with van der Waals surface area (Å²) in [6.07, 6.45) is 0. The molecule has 0 radical (unpaired) electrons. The molecule has 8 heteroatoms. The van der Waals surface area contributed by atoms with Gasteiger partial charge >= 0.3 is 11.8 Å². The highest BCUT2D eigenvalue weighted by atomic mass is 79.9. The number of nitrogens with one attached hydrogen (secondary N) is 3. The van der Waals surface area contributed by atoms with Crippen LogP contribution in [0.5, 0.6) is 0 Å². The van der Waals surface area contributed by atoms with E-state index in [9.17, 15) is 14.4 Å². The summed E-state index contributed by atoms with van der Waals surface area (Å²) in [5.41, 5.74) is 7.49. The molecule has 172 valence electrons. The lowest BCUT2D eigenvalue weighted by atomic mass is 10.1. The molecule has 4 aromatic rings. The van der Waals surface area contributed by atoms with Crippen molar-refractivity contribution in [2.24, 2.45) is 0 Å². The van der Waals surface area contributed by atoms with Crippen molar-refractivity contribution in [3.05, 3.63) is 93.6 Å². The molecule has 0 aliphatic rings. The van der Waals surface area contributed by atoms with Crippen molar-refractivity contribution in [2.45, 2.75) is 20.8 Å². The summed E-state index contributed by atoms with van der Waals surface area (Å²) in [6, 6.07) is 19.8. The molecule has 0 fully saturated rings. The molecule has 0 spiro atoms. The predicted molar refractivity (Wildman–Crippen MR) is 138 cm³/mol. The number of aromatic nitrogens is 1. The van der Waals surface area contributed by atoms with Crippen molar-refractivity contribution in [1.82, 2.24) is 4.68 Å². The third-order valence-electron chi connectivity index (χ3n) is 5.57. The van der Waals surface area contributed by atoms with Gasteiger partial charge in [0.2, 0.25) is 0 Å². The van der Waals surface area contributed by atoms with Crippen LogP contribution in [0.25, 0.3) is 10.9 Å². The molecule has 0 aliphatic carbocycles. The largest absolute Gasteiger partial charge is 0.328 e. The number of rotatable bonds is 4. The van der Waals surface area contributed by atoms with E-state index in [0.29, 0.717) is 16.9 Å². The smallest absolute Gasteiger partial charge is 0.321 e. The third-order valence-corrected chi connectivity index (χ3v) is 6.07. The first-order valence-corrected chi connectivity index (χ1v) is 11.4. The molecule has 0 bridgehead atoms. The van der Waals surface area contributed by atoms with Crippen LogP contribution in [0.3, 0.4) is 0 Å². The summed E-state index contributed by atoms with van der Waals surface area (Å²) in [6.45, 7) is 5.79. The number of fused-ring (bicyclic) bond motifs is 1. The normalized spacial score (nSPS) is 10.7. The summed E-state index contributed by atoms with van der Waals surface area (Å²) in [5.74, 6) is -2.16. The maximum absolute atomic E-state index is 13.2. The predicted octanol–water partition coefficient (Wildman–Crippen LogP) is 5.29. The number of benzene rings is 3. The summed E-state index contributed by atoms with van der Waals surface area (Å²) in [4.78, 5) is 38.5. The van der Waals surface area contributed by atoms with Crippen molar-refractivity contribution < 1.29 is 14.4 Å². The molecular weight excluding hydrogens is 496 g/mol. The maximum Gasteiger partial charge on any atom is 0.328 e. The van der Waals surface area contributed by atoms with Crippen LogP contribution < -0.4 is 16.1 Å². The summed E-state index contributed by atoms with van der Waals surface area (Å²) >= 11 is 3.43. The van der Waals surface area contributed by atoms with Crippen LogP contribution >= 0.6 is 15.9 Å². The number of carbonyl (C=O) groups is 3. The van der Waals surface area contributed by atoms with E-state index in [0.717, 1.165) is 26.5 Å². The first kappa shape index (κ1) is 23.3. The molecule has 3 N–H and O–H groups in total. The number of anilines is 2. The molecule has 0 aliphatic heterocycles. The minimum Gasteiger partial charge on any atom is -0.321 e. The SMILES string of the molecule is Cc1ccc(NC(=O)c2cc3cc(Br)ccc3n2NC(=O)C(=O)Nc2ccccc2C)cc1C. The third kappa shape index (κ3) is 4.87. The van der Waals surface area contributed by atoms with Crippen LogP contribution in [-0.2, 0) is 9.59 Å². The van der Waals surface area contributed by atoms with Crippen LogP contribution in [0.2, 0.25) is 0 Å². The van der Waals surface area contributed by atoms with E-state index >= 15 is 0 Å². The molecular formula is C26H23BrN4O3. The van der Waals surface area contributed by atoms with Gasteiger partial charge in [0.05, 0.1) is 5.52 Å². The van der Waals surface area contributed by atoms with Gasteiger partial charge in [-0.3, -0.25) is 19.8 Å². The highest BCUT2D eigenvalue weighted by molar-refractivity contribution is 9.10. The Kier molecular flexibility index (Phi) is 6.51. The minimum absolute atomic E-state index is 0.184. The number of hydrogen-bond acceptors (Lipinski definition) is 3. The first-order valence-electron chi connectivity index (χ1n) is 10.6. The number of para-hydroxylation sites is 1. The van der Waals surface area contributed by atoms with E-state index in [4.69, 9.17) is 0 Å². The van der Waals surface area contributed by atoms with E-state index in [1.54, 1.807) is 30.3 Å². The fraction of sp³-hybridized carbons (Fsp3) is 0.115. The Hall–Kier alpha value is -3.91. The van der Waals surface area contributed by atoms with Crippen LogP contribution in [0, 0.1) is 20.8 Å². The second-order valence-corrected chi connectivity index (χ2v) is 8.95. The quantitative estimate of drug-likeness (QED) is 0.320. The Morgan fingerprint density at radius 1 is 0.765 bits per heavy atom. The second kappa shape index (κ2) is 9.52. The average Bonchev–Trinajstić information content (AvgIpc) is 3.15. The number of carbonyl (C=O) groups excluding carboxylic acids is 3. The van der Waals surface area contributed by atoms with Crippen LogP contribution in [0.4, 0.5) is 11.4 Å². The molecule has 1 aromatic heterocycles. The molecule has 3 amide bonds. The molecule has 0 saturated carbocycles. The maximum atomic E-state index is 13.2. The first-order chi connectivity index (χ1) is 16.2. The highest BCUT2D eigenvalue weighted by Crippen LogP contribution is 2.24. The Morgan fingerprint density at radius 2 is 1.53 bits per heavy atom. The summed E-state index contributed by atoms with van der Waals surface area (Å²) < 4.78 is 2.15. The van der Waals surface area contributed by atoms with Gasteiger partial charge in [-0.05, 0) is 79.9 Å². The van der Waals surface area contributed by atoms with Gasteiger partial charge < -0.3 is 10.6 Å². The van der Waals surface area contributed by atoms with Gasteiger partial charge in [-0.1, -0.05) is 40.2 Å². The molecule has 0 atom stereocenters. The van der Waals surface area contributed by atoms with Crippen molar-refractivity contribution in [3.8, 4) is 0 Å². The molecule has 34 heavy (non-hydrogen) atoms. The average molecular weight is 519 g/mol. The van der Waals surface area contributed by atoms with Gasteiger partial charge in [0.25, 0.3) is 5.91 Å². The molecule has 3 aromatic carbocycles. The zero-order valence-corrected chi connectivity index (χ0v) is 20.5. The van der Waals surface area contributed by atoms with Crippen molar-refractivity contribution >= 4 is 55.9 Å². The Morgan fingerprint density at radius 3 is 2.26 bits per heavy atom. The van der Waals surface area contributed by atoms with Gasteiger partial charge in [-0.2, -0.15) is 0 Å². The van der Waals surface area contributed by atoms with Crippen molar-refractivity contribution in [1.29, 1.82) is 0 Å². The van der Waals surface area contributed by atoms with E-state index in [-0.39, 0.29) is 5.69 Å². The zero-order valence-electron chi connectivity index (χ0n) is 18.9.